The van der Waals surface area contributed by atoms with Gasteiger partial charge in [0.1, 0.15) is 0 Å². The number of hydrogen-bond donors (Lipinski definition) is 3. The van der Waals surface area contributed by atoms with E-state index < -0.39 is 0 Å². The Hall–Kier alpha value is -2.14. The van der Waals surface area contributed by atoms with E-state index in [1.54, 1.807) is 6.20 Å². The number of aromatic nitrogens is 2. The molecule has 1 amide bonds. The predicted octanol–water partition coefficient (Wildman–Crippen LogP) is 2.82. The lowest BCUT2D eigenvalue weighted by atomic mass is 10.0. The summed E-state index contributed by atoms with van der Waals surface area (Å²) in [6.07, 6.45) is 3.57. The van der Waals surface area contributed by atoms with E-state index in [0.717, 1.165) is 11.3 Å². The molecule has 0 saturated carbocycles. The van der Waals surface area contributed by atoms with E-state index >= 15 is 0 Å². The molecule has 2 rings (SSSR count). The summed E-state index contributed by atoms with van der Waals surface area (Å²) in [5, 5.41) is 12.7. The highest BCUT2D eigenvalue weighted by molar-refractivity contribution is 5.92. The Labute approximate surface area is 125 Å². The van der Waals surface area contributed by atoms with Gasteiger partial charge in [-0.25, -0.2) is 0 Å². The molecule has 0 spiro atoms. The van der Waals surface area contributed by atoms with Crippen molar-refractivity contribution in [3.63, 3.8) is 0 Å². The summed E-state index contributed by atoms with van der Waals surface area (Å²) in [6.45, 7) is 6.55. The molecular weight excluding hydrogens is 264 g/mol. The van der Waals surface area contributed by atoms with Crippen molar-refractivity contribution >= 4 is 11.6 Å². The van der Waals surface area contributed by atoms with Gasteiger partial charge in [0.25, 0.3) is 0 Å². The monoisotopic (exact) mass is 286 g/mol. The molecule has 1 heterocycles. The zero-order valence-electron chi connectivity index (χ0n) is 12.7. The van der Waals surface area contributed by atoms with Gasteiger partial charge in [-0.3, -0.25) is 9.89 Å². The van der Waals surface area contributed by atoms with Crippen LogP contribution in [0.15, 0.2) is 36.7 Å². The fraction of sp³-hybridized carbons (Fsp3) is 0.375. The largest absolute Gasteiger partial charge is 0.325 e. The molecule has 3 N–H and O–H groups in total. The van der Waals surface area contributed by atoms with Gasteiger partial charge in [-0.05, 0) is 30.5 Å². The van der Waals surface area contributed by atoms with Crippen LogP contribution in [-0.2, 0) is 4.79 Å². The number of H-pyrrole nitrogens is 1. The van der Waals surface area contributed by atoms with Gasteiger partial charge < -0.3 is 10.6 Å². The molecule has 21 heavy (non-hydrogen) atoms. The maximum atomic E-state index is 11.9. The Balaban J connectivity index is 1.81. The highest BCUT2D eigenvalue weighted by atomic mass is 16.1. The number of aromatic amines is 1. The number of nitrogens with zero attached hydrogens (tertiary/aromatic N) is 1. The maximum absolute atomic E-state index is 11.9. The highest BCUT2D eigenvalue weighted by Gasteiger charge is 2.09. The molecule has 5 nitrogen and oxygen atoms in total. The summed E-state index contributed by atoms with van der Waals surface area (Å²) in [4.78, 5) is 11.9. The molecule has 1 atom stereocenters. The molecule has 0 aliphatic rings. The van der Waals surface area contributed by atoms with Gasteiger partial charge in [0.15, 0.2) is 0 Å². The van der Waals surface area contributed by atoms with Crippen molar-refractivity contribution in [1.29, 1.82) is 0 Å². The molecule has 1 unspecified atom stereocenters. The Morgan fingerprint density at radius 3 is 2.48 bits per heavy atom. The van der Waals surface area contributed by atoms with Crippen LogP contribution in [0.2, 0.25) is 0 Å². The van der Waals surface area contributed by atoms with Crippen LogP contribution >= 0.6 is 0 Å². The third-order valence-electron chi connectivity index (χ3n) is 3.45. The maximum Gasteiger partial charge on any atom is 0.238 e. The number of anilines is 1. The second-order valence-electron chi connectivity index (χ2n) is 5.46. The van der Waals surface area contributed by atoms with Crippen LogP contribution in [0.1, 0.15) is 43.9 Å². The first-order valence-corrected chi connectivity index (χ1v) is 7.18. The minimum Gasteiger partial charge on any atom is -0.325 e. The third-order valence-corrected chi connectivity index (χ3v) is 3.45. The van der Waals surface area contributed by atoms with Crippen molar-refractivity contribution in [2.45, 2.75) is 32.7 Å². The normalized spacial score (nSPS) is 12.4. The molecule has 0 fully saturated rings. The van der Waals surface area contributed by atoms with Crippen LogP contribution in [0, 0.1) is 0 Å². The Morgan fingerprint density at radius 1 is 1.19 bits per heavy atom. The Morgan fingerprint density at radius 2 is 1.90 bits per heavy atom. The first kappa shape index (κ1) is 15.3. The molecule has 2 aromatic rings. The number of nitrogens with one attached hydrogen (secondary N) is 3. The number of rotatable bonds is 6. The number of amides is 1. The number of hydrogen-bond acceptors (Lipinski definition) is 3. The molecular formula is C16H22N4O. The van der Waals surface area contributed by atoms with Crippen LogP contribution in [-0.4, -0.2) is 22.6 Å². The molecule has 112 valence electrons. The molecule has 5 heteroatoms. The second kappa shape index (κ2) is 7.04. The summed E-state index contributed by atoms with van der Waals surface area (Å²) in [7, 11) is 0. The van der Waals surface area contributed by atoms with Gasteiger partial charge in [0, 0.05) is 23.5 Å². The van der Waals surface area contributed by atoms with Crippen molar-refractivity contribution in [2.75, 3.05) is 11.9 Å². The molecule has 1 aromatic carbocycles. The number of carbonyl (C=O) groups is 1. The summed E-state index contributed by atoms with van der Waals surface area (Å²) >= 11 is 0. The molecule has 0 bridgehead atoms. The van der Waals surface area contributed by atoms with E-state index in [-0.39, 0.29) is 18.5 Å². The summed E-state index contributed by atoms with van der Waals surface area (Å²) in [5.41, 5.74) is 3.12. The Kier molecular flexibility index (Phi) is 5.11. The van der Waals surface area contributed by atoms with Gasteiger partial charge in [-0.2, -0.15) is 5.10 Å². The van der Waals surface area contributed by atoms with E-state index in [2.05, 4.69) is 34.7 Å². The van der Waals surface area contributed by atoms with Crippen LogP contribution in [0.25, 0.3) is 0 Å². The lowest BCUT2D eigenvalue weighted by Crippen LogP contribution is -2.29. The third kappa shape index (κ3) is 4.43. The quantitative estimate of drug-likeness (QED) is 0.764. The van der Waals surface area contributed by atoms with E-state index in [1.165, 1.54) is 5.56 Å². The zero-order chi connectivity index (χ0) is 15.2. The second-order valence-corrected chi connectivity index (χ2v) is 5.46. The van der Waals surface area contributed by atoms with E-state index in [9.17, 15) is 4.79 Å². The van der Waals surface area contributed by atoms with Crippen molar-refractivity contribution in [3.8, 4) is 0 Å². The highest BCUT2D eigenvalue weighted by Crippen LogP contribution is 2.17. The van der Waals surface area contributed by atoms with Gasteiger partial charge in [-0.1, -0.05) is 26.0 Å². The lowest BCUT2D eigenvalue weighted by Gasteiger charge is -2.12. The van der Waals surface area contributed by atoms with E-state index in [1.807, 2.05) is 37.4 Å². The molecule has 0 saturated heterocycles. The topological polar surface area (TPSA) is 69.8 Å². The van der Waals surface area contributed by atoms with Gasteiger partial charge in [-0.15, -0.1) is 0 Å². The van der Waals surface area contributed by atoms with Crippen molar-refractivity contribution in [1.82, 2.24) is 15.5 Å². The van der Waals surface area contributed by atoms with Crippen LogP contribution in [0.5, 0.6) is 0 Å². The minimum absolute atomic E-state index is 0.0531. The van der Waals surface area contributed by atoms with Crippen molar-refractivity contribution in [2.24, 2.45) is 0 Å². The summed E-state index contributed by atoms with van der Waals surface area (Å²) < 4.78 is 0. The average Bonchev–Trinajstić information content (AvgIpc) is 2.99. The first-order chi connectivity index (χ1) is 10.1. The lowest BCUT2D eigenvalue weighted by molar-refractivity contribution is -0.115. The van der Waals surface area contributed by atoms with Gasteiger partial charge in [0.2, 0.25) is 5.91 Å². The van der Waals surface area contributed by atoms with Gasteiger partial charge >= 0.3 is 0 Å². The van der Waals surface area contributed by atoms with E-state index in [0.29, 0.717) is 5.92 Å². The smallest absolute Gasteiger partial charge is 0.238 e. The minimum atomic E-state index is -0.0531. The van der Waals surface area contributed by atoms with Crippen molar-refractivity contribution < 1.29 is 4.79 Å². The molecule has 0 aliphatic carbocycles. The van der Waals surface area contributed by atoms with Crippen LogP contribution in [0.4, 0.5) is 5.69 Å². The summed E-state index contributed by atoms with van der Waals surface area (Å²) in [5.74, 6) is 0.440. The van der Waals surface area contributed by atoms with Crippen LogP contribution in [0.3, 0.4) is 0 Å². The average molecular weight is 286 g/mol. The first-order valence-electron chi connectivity index (χ1n) is 7.18. The zero-order valence-corrected chi connectivity index (χ0v) is 12.7. The fourth-order valence-electron chi connectivity index (χ4n) is 2.02. The molecule has 0 aliphatic heterocycles. The fourth-order valence-corrected chi connectivity index (χ4v) is 2.02. The van der Waals surface area contributed by atoms with Crippen molar-refractivity contribution in [3.05, 3.63) is 47.8 Å². The SMILES string of the molecule is CC(C)c1ccc(NC(=O)CNC(C)c2cn[nH]c2)cc1. The van der Waals surface area contributed by atoms with Gasteiger partial charge in [0.05, 0.1) is 12.7 Å². The summed E-state index contributed by atoms with van der Waals surface area (Å²) in [6, 6.07) is 8.04. The van der Waals surface area contributed by atoms with E-state index in [4.69, 9.17) is 0 Å². The number of carbonyl (C=O) groups excluding carboxylic acids is 1. The number of benzene rings is 1. The molecule has 0 radical (unpaired) electrons. The molecule has 1 aromatic heterocycles. The van der Waals surface area contributed by atoms with Crippen LogP contribution < -0.4 is 10.6 Å². The Bertz CT molecular complexity index is 560. The predicted molar refractivity (Wildman–Crippen MR) is 84.2 cm³/mol. The standard InChI is InChI=1S/C16H22N4O/c1-11(2)13-4-6-15(7-5-13)20-16(21)10-17-12(3)14-8-18-19-9-14/h4-9,11-12,17H,10H2,1-3H3,(H,18,19)(H,20,21).